The van der Waals surface area contributed by atoms with Crippen molar-refractivity contribution in [1.82, 2.24) is 5.32 Å². The van der Waals surface area contributed by atoms with Crippen LogP contribution < -0.4 is 5.32 Å². The van der Waals surface area contributed by atoms with Gasteiger partial charge in [-0.15, -0.1) is 0 Å². The predicted molar refractivity (Wildman–Crippen MR) is 53.2 cm³/mol. The molecule has 0 unspecified atom stereocenters. The van der Waals surface area contributed by atoms with Crippen molar-refractivity contribution in [3.05, 3.63) is 0 Å². The molecule has 16 heavy (non-hydrogen) atoms. The first kappa shape index (κ1) is 12.9. The molecule has 0 aromatic rings. The van der Waals surface area contributed by atoms with Gasteiger partial charge in [-0.1, -0.05) is 0 Å². The molecule has 1 rings (SSSR count). The summed E-state index contributed by atoms with van der Waals surface area (Å²) in [6.45, 7) is 2.48. The number of esters is 1. The lowest BCUT2D eigenvalue weighted by Gasteiger charge is -2.15. The minimum absolute atomic E-state index is 0.0658. The number of hydrogen-bond donors (Lipinski definition) is 2. The Morgan fingerprint density at radius 3 is 2.62 bits per heavy atom. The second kappa shape index (κ2) is 5.25. The Hall–Kier alpha value is -1.17. The smallest absolute Gasteiger partial charge is 0.302 e. The van der Waals surface area contributed by atoms with Crippen LogP contribution in [0.1, 0.15) is 20.3 Å². The SMILES string of the molecule is CC(=O)N[C@@H]1C[C@H](COC(C)=O)[C@@H](F)[C@@H]1O. The summed E-state index contributed by atoms with van der Waals surface area (Å²) in [6, 6.07) is -0.604. The summed E-state index contributed by atoms with van der Waals surface area (Å²) in [7, 11) is 0. The molecule has 0 radical (unpaired) electrons. The van der Waals surface area contributed by atoms with Gasteiger partial charge in [-0.05, 0) is 6.42 Å². The first-order chi connectivity index (χ1) is 7.41. The highest BCUT2D eigenvalue weighted by molar-refractivity contribution is 5.73. The number of hydrogen-bond acceptors (Lipinski definition) is 4. The van der Waals surface area contributed by atoms with Crippen molar-refractivity contribution in [3.63, 3.8) is 0 Å². The molecule has 0 aromatic carbocycles. The molecule has 1 saturated carbocycles. The quantitative estimate of drug-likeness (QED) is 0.660. The average molecular weight is 233 g/mol. The van der Waals surface area contributed by atoms with Gasteiger partial charge in [-0.25, -0.2) is 4.39 Å². The van der Waals surface area contributed by atoms with E-state index in [9.17, 15) is 19.1 Å². The van der Waals surface area contributed by atoms with Crippen molar-refractivity contribution in [2.45, 2.75) is 38.6 Å². The molecule has 1 aliphatic rings. The van der Waals surface area contributed by atoms with Crippen LogP contribution in [0.2, 0.25) is 0 Å². The van der Waals surface area contributed by atoms with Crippen LogP contribution in [0.3, 0.4) is 0 Å². The summed E-state index contributed by atoms with van der Waals surface area (Å²) in [4.78, 5) is 21.4. The molecule has 2 N–H and O–H groups in total. The minimum atomic E-state index is -1.48. The molecular weight excluding hydrogens is 217 g/mol. The van der Waals surface area contributed by atoms with Gasteiger partial charge in [0.2, 0.25) is 5.91 Å². The van der Waals surface area contributed by atoms with Crippen LogP contribution in [0.15, 0.2) is 0 Å². The number of amides is 1. The van der Waals surface area contributed by atoms with E-state index in [-0.39, 0.29) is 18.9 Å². The van der Waals surface area contributed by atoms with Gasteiger partial charge in [0.1, 0.15) is 12.3 Å². The van der Waals surface area contributed by atoms with Crippen LogP contribution in [-0.2, 0) is 14.3 Å². The Balaban J connectivity index is 2.50. The Bertz CT molecular complexity index is 284. The molecule has 0 heterocycles. The zero-order valence-corrected chi connectivity index (χ0v) is 9.27. The molecule has 92 valence electrons. The molecule has 1 aliphatic carbocycles. The van der Waals surface area contributed by atoms with Crippen LogP contribution in [0.25, 0.3) is 0 Å². The van der Waals surface area contributed by atoms with Gasteiger partial charge in [-0.2, -0.15) is 0 Å². The lowest BCUT2D eigenvalue weighted by Crippen LogP contribution is -2.41. The van der Waals surface area contributed by atoms with E-state index in [0.717, 1.165) is 0 Å². The van der Waals surface area contributed by atoms with Gasteiger partial charge < -0.3 is 15.2 Å². The van der Waals surface area contributed by atoms with E-state index in [2.05, 4.69) is 5.32 Å². The molecule has 0 saturated heterocycles. The summed E-state index contributed by atoms with van der Waals surface area (Å²) in [5.74, 6) is -1.36. The fourth-order valence-electron chi connectivity index (χ4n) is 1.89. The highest BCUT2D eigenvalue weighted by Crippen LogP contribution is 2.29. The van der Waals surface area contributed by atoms with Gasteiger partial charge in [0.15, 0.2) is 0 Å². The number of carbonyl (C=O) groups is 2. The molecule has 0 aromatic heterocycles. The van der Waals surface area contributed by atoms with Crippen molar-refractivity contribution in [1.29, 1.82) is 0 Å². The zero-order chi connectivity index (χ0) is 12.3. The van der Waals surface area contributed by atoms with E-state index < -0.39 is 30.2 Å². The highest BCUT2D eigenvalue weighted by Gasteiger charge is 2.43. The average Bonchev–Trinajstić information content (AvgIpc) is 2.42. The van der Waals surface area contributed by atoms with Crippen molar-refractivity contribution in [2.24, 2.45) is 5.92 Å². The minimum Gasteiger partial charge on any atom is -0.465 e. The Morgan fingerprint density at radius 1 is 1.50 bits per heavy atom. The van der Waals surface area contributed by atoms with Gasteiger partial charge >= 0.3 is 5.97 Å². The fourth-order valence-corrected chi connectivity index (χ4v) is 1.89. The maximum Gasteiger partial charge on any atom is 0.302 e. The van der Waals surface area contributed by atoms with E-state index >= 15 is 0 Å². The molecular formula is C10H16FNO4. The summed E-state index contributed by atoms with van der Waals surface area (Å²) < 4.78 is 18.2. The summed E-state index contributed by atoms with van der Waals surface area (Å²) >= 11 is 0. The van der Waals surface area contributed by atoms with Gasteiger partial charge in [0.05, 0.1) is 12.6 Å². The van der Waals surface area contributed by atoms with Crippen molar-refractivity contribution in [3.8, 4) is 0 Å². The summed E-state index contributed by atoms with van der Waals surface area (Å²) in [6.07, 6.45) is -2.43. The van der Waals surface area contributed by atoms with Crippen molar-refractivity contribution in [2.75, 3.05) is 6.61 Å². The number of aliphatic hydroxyl groups excluding tert-OH is 1. The van der Waals surface area contributed by atoms with E-state index in [1.807, 2.05) is 0 Å². The number of alkyl halides is 1. The number of nitrogens with one attached hydrogen (secondary N) is 1. The van der Waals surface area contributed by atoms with Crippen molar-refractivity contribution < 1.29 is 23.8 Å². The van der Waals surface area contributed by atoms with Crippen molar-refractivity contribution >= 4 is 11.9 Å². The molecule has 1 fully saturated rings. The molecule has 0 bridgehead atoms. The lowest BCUT2D eigenvalue weighted by atomic mass is 10.1. The second-order valence-electron chi connectivity index (χ2n) is 4.04. The highest BCUT2D eigenvalue weighted by atomic mass is 19.1. The third kappa shape index (κ3) is 3.16. The number of ether oxygens (including phenoxy) is 1. The number of carbonyl (C=O) groups excluding carboxylic acids is 2. The van der Waals surface area contributed by atoms with E-state index in [0.29, 0.717) is 0 Å². The molecule has 5 nitrogen and oxygen atoms in total. The lowest BCUT2D eigenvalue weighted by molar-refractivity contribution is -0.143. The maximum absolute atomic E-state index is 13.5. The first-order valence-electron chi connectivity index (χ1n) is 5.14. The Kier molecular flexibility index (Phi) is 4.23. The number of rotatable bonds is 3. The zero-order valence-electron chi connectivity index (χ0n) is 9.27. The molecule has 4 atom stereocenters. The topological polar surface area (TPSA) is 75.6 Å². The Morgan fingerprint density at radius 2 is 2.12 bits per heavy atom. The second-order valence-corrected chi connectivity index (χ2v) is 4.04. The van der Waals surface area contributed by atoms with Crippen LogP contribution in [-0.4, -0.2) is 41.9 Å². The number of aliphatic hydroxyl groups is 1. The normalized spacial score (nSPS) is 33.5. The van der Waals surface area contributed by atoms with Crippen LogP contribution in [0.5, 0.6) is 0 Å². The summed E-state index contributed by atoms with van der Waals surface area (Å²) in [5.41, 5.74) is 0. The van der Waals surface area contributed by atoms with Crippen LogP contribution in [0.4, 0.5) is 4.39 Å². The predicted octanol–water partition coefficient (Wildman–Crippen LogP) is -0.227. The maximum atomic E-state index is 13.5. The molecule has 1 amide bonds. The third-order valence-electron chi connectivity index (χ3n) is 2.63. The van der Waals surface area contributed by atoms with Gasteiger partial charge in [0, 0.05) is 19.8 Å². The third-order valence-corrected chi connectivity index (χ3v) is 2.63. The summed E-state index contributed by atoms with van der Waals surface area (Å²) in [5, 5.41) is 12.0. The number of halogens is 1. The monoisotopic (exact) mass is 233 g/mol. The van der Waals surface area contributed by atoms with Gasteiger partial charge in [-0.3, -0.25) is 9.59 Å². The molecule has 6 heteroatoms. The molecule has 0 spiro atoms. The van der Waals surface area contributed by atoms with Gasteiger partial charge in [0.25, 0.3) is 0 Å². The fraction of sp³-hybridized carbons (Fsp3) is 0.800. The first-order valence-corrected chi connectivity index (χ1v) is 5.14. The van der Waals surface area contributed by atoms with Crippen LogP contribution in [0, 0.1) is 5.92 Å². The molecule has 0 aliphatic heterocycles. The van der Waals surface area contributed by atoms with Crippen LogP contribution >= 0.6 is 0 Å². The largest absolute Gasteiger partial charge is 0.465 e. The van der Waals surface area contributed by atoms with E-state index in [1.165, 1.54) is 13.8 Å². The van der Waals surface area contributed by atoms with E-state index in [1.54, 1.807) is 0 Å². The Labute approximate surface area is 93.0 Å². The van der Waals surface area contributed by atoms with E-state index in [4.69, 9.17) is 4.74 Å². The standard InChI is InChI=1S/C10H16FNO4/c1-5(13)12-8-3-7(4-16-6(2)14)9(11)10(8)15/h7-10,15H,3-4H2,1-2H3,(H,12,13)/t7-,8-,9-,10-/m1/s1.